The van der Waals surface area contributed by atoms with Gasteiger partial charge in [0.25, 0.3) is 5.69 Å². The van der Waals surface area contributed by atoms with Crippen molar-refractivity contribution in [3.05, 3.63) is 45.5 Å². The number of hydrogen-bond donors (Lipinski definition) is 0. The summed E-state index contributed by atoms with van der Waals surface area (Å²) in [6.45, 7) is 1.78. The summed E-state index contributed by atoms with van der Waals surface area (Å²) in [7, 11) is 0. The Morgan fingerprint density at radius 1 is 1.50 bits per heavy atom. The molecule has 0 N–H and O–H groups in total. The molecule has 0 fully saturated rings. The molecule has 0 bridgehead atoms. The highest BCUT2D eigenvalue weighted by Crippen LogP contribution is 2.23. The molecule has 1 aromatic rings. The van der Waals surface area contributed by atoms with E-state index in [2.05, 4.69) is 0 Å². The largest absolute Gasteiger partial charge is 0.545 e. The molecule has 0 heterocycles. The van der Waals surface area contributed by atoms with Gasteiger partial charge in [-0.15, -0.1) is 0 Å². The van der Waals surface area contributed by atoms with Crippen LogP contribution >= 0.6 is 0 Å². The van der Waals surface area contributed by atoms with Gasteiger partial charge in [0, 0.05) is 11.6 Å². The third-order valence-corrected chi connectivity index (χ3v) is 2.14. The summed E-state index contributed by atoms with van der Waals surface area (Å²) in [5.41, 5.74) is 1.05. The number of carbonyl (C=O) groups excluding carboxylic acids is 1. The zero-order valence-corrected chi connectivity index (χ0v) is 8.67. The van der Waals surface area contributed by atoms with Gasteiger partial charge in [0.1, 0.15) is 0 Å². The normalized spacial score (nSPS) is 10.6. The van der Waals surface area contributed by atoms with E-state index in [1.54, 1.807) is 13.0 Å². The summed E-state index contributed by atoms with van der Waals surface area (Å²) in [5, 5.41) is 21.0. The fraction of sp³-hybridized carbons (Fsp3) is 0.182. The van der Waals surface area contributed by atoms with Crippen molar-refractivity contribution < 1.29 is 14.8 Å². The maximum absolute atomic E-state index is 10.7. The highest BCUT2D eigenvalue weighted by atomic mass is 16.6. The Hall–Kier alpha value is -2.17. The summed E-state index contributed by atoms with van der Waals surface area (Å²) in [5.74, 6) is -1.33. The van der Waals surface area contributed by atoms with Crippen LogP contribution in [0.4, 0.5) is 5.69 Å². The molecule has 84 valence electrons. The molecular weight excluding hydrogens is 210 g/mol. The molecule has 0 radical (unpaired) electrons. The van der Waals surface area contributed by atoms with Gasteiger partial charge < -0.3 is 9.90 Å². The maximum Gasteiger partial charge on any atom is 0.273 e. The average Bonchev–Trinajstić information content (AvgIpc) is 2.25. The number of benzene rings is 1. The Morgan fingerprint density at radius 3 is 2.69 bits per heavy atom. The number of carbonyl (C=O) groups is 1. The molecule has 0 unspecified atom stereocenters. The quantitative estimate of drug-likeness (QED) is 0.429. The van der Waals surface area contributed by atoms with Crippen LogP contribution in [0.25, 0.3) is 6.08 Å². The van der Waals surface area contributed by atoms with Crippen LogP contribution in [0.2, 0.25) is 0 Å². The standard InChI is InChI=1S/C11H11NO4/c1-2-9-8(6-7-11(13)14)4-3-5-10(9)12(15)16/h3-7H,2H2,1H3,(H,13,14)/p-1/b7-6+. The molecule has 1 rings (SSSR count). The van der Waals surface area contributed by atoms with Gasteiger partial charge in [0.05, 0.1) is 10.9 Å². The van der Waals surface area contributed by atoms with Gasteiger partial charge in [0.2, 0.25) is 0 Å². The topological polar surface area (TPSA) is 83.3 Å². The number of carboxylic acids is 1. The van der Waals surface area contributed by atoms with Crippen molar-refractivity contribution in [1.82, 2.24) is 0 Å². The second-order valence-corrected chi connectivity index (χ2v) is 3.11. The van der Waals surface area contributed by atoms with Crippen molar-refractivity contribution >= 4 is 17.7 Å². The van der Waals surface area contributed by atoms with E-state index in [9.17, 15) is 20.0 Å². The Labute approximate surface area is 92.2 Å². The number of aliphatic carboxylic acids is 1. The van der Waals surface area contributed by atoms with Gasteiger partial charge in [-0.1, -0.05) is 25.1 Å². The Bertz CT molecular complexity index is 451. The minimum absolute atomic E-state index is 0.00278. The molecule has 0 saturated carbocycles. The number of rotatable bonds is 4. The van der Waals surface area contributed by atoms with Crippen molar-refractivity contribution in [2.75, 3.05) is 0 Å². The first-order valence-electron chi connectivity index (χ1n) is 4.71. The van der Waals surface area contributed by atoms with Crippen molar-refractivity contribution in [2.45, 2.75) is 13.3 Å². The maximum atomic E-state index is 10.7. The van der Waals surface area contributed by atoms with E-state index in [0.29, 0.717) is 17.5 Å². The summed E-state index contributed by atoms with van der Waals surface area (Å²) in [6.07, 6.45) is 2.63. The number of nitro benzene ring substituents is 1. The third kappa shape index (κ3) is 2.66. The Morgan fingerprint density at radius 2 is 2.19 bits per heavy atom. The third-order valence-electron chi connectivity index (χ3n) is 2.14. The lowest BCUT2D eigenvalue weighted by Crippen LogP contribution is -2.18. The summed E-state index contributed by atoms with van der Waals surface area (Å²) >= 11 is 0. The van der Waals surface area contributed by atoms with Crippen LogP contribution < -0.4 is 5.11 Å². The van der Waals surface area contributed by atoms with Gasteiger partial charge in [-0.2, -0.15) is 0 Å². The first kappa shape index (κ1) is 11.9. The molecule has 0 saturated heterocycles. The molecule has 5 nitrogen and oxygen atoms in total. The predicted octanol–water partition coefficient (Wildman–Crippen LogP) is 0.920. The smallest absolute Gasteiger partial charge is 0.273 e. The first-order chi connectivity index (χ1) is 7.56. The zero-order chi connectivity index (χ0) is 12.1. The van der Waals surface area contributed by atoms with Crippen LogP contribution in [0.5, 0.6) is 0 Å². The van der Waals surface area contributed by atoms with Crippen molar-refractivity contribution in [3.63, 3.8) is 0 Å². The minimum Gasteiger partial charge on any atom is -0.545 e. The lowest BCUT2D eigenvalue weighted by Gasteiger charge is -2.04. The highest BCUT2D eigenvalue weighted by Gasteiger charge is 2.13. The van der Waals surface area contributed by atoms with E-state index in [1.807, 2.05) is 0 Å². The van der Waals surface area contributed by atoms with Crippen molar-refractivity contribution in [1.29, 1.82) is 0 Å². The molecule has 0 aliphatic rings. The van der Waals surface area contributed by atoms with E-state index in [4.69, 9.17) is 0 Å². The minimum atomic E-state index is -1.33. The molecule has 1 aromatic carbocycles. The molecule has 5 heteroatoms. The monoisotopic (exact) mass is 220 g/mol. The molecule has 0 amide bonds. The van der Waals surface area contributed by atoms with Crippen LogP contribution in [-0.2, 0) is 11.2 Å². The molecule has 16 heavy (non-hydrogen) atoms. The number of nitrogens with zero attached hydrogens (tertiary/aromatic N) is 1. The average molecular weight is 220 g/mol. The van der Waals surface area contributed by atoms with E-state index in [0.717, 1.165) is 6.08 Å². The van der Waals surface area contributed by atoms with Crippen LogP contribution in [0.1, 0.15) is 18.1 Å². The highest BCUT2D eigenvalue weighted by molar-refractivity contribution is 5.84. The Balaban J connectivity index is 3.24. The van der Waals surface area contributed by atoms with E-state index in [1.165, 1.54) is 18.2 Å². The SMILES string of the molecule is CCc1c(/C=C/C(=O)[O-])cccc1[N+](=O)[O-]. The first-order valence-corrected chi connectivity index (χ1v) is 4.71. The summed E-state index contributed by atoms with van der Waals surface area (Å²) < 4.78 is 0. The van der Waals surface area contributed by atoms with Crippen LogP contribution in [0.15, 0.2) is 24.3 Å². The lowest BCUT2D eigenvalue weighted by molar-refractivity contribution is -0.385. The van der Waals surface area contributed by atoms with E-state index < -0.39 is 10.9 Å². The van der Waals surface area contributed by atoms with Gasteiger partial charge in [0.15, 0.2) is 0 Å². The molecular formula is C11H10NO4-. The van der Waals surface area contributed by atoms with E-state index in [-0.39, 0.29) is 5.69 Å². The summed E-state index contributed by atoms with van der Waals surface area (Å²) in [6, 6.07) is 4.55. The molecule has 0 spiro atoms. The van der Waals surface area contributed by atoms with Gasteiger partial charge in [-0.3, -0.25) is 10.1 Å². The second kappa shape index (κ2) is 5.06. The molecule has 0 aliphatic carbocycles. The number of hydrogen-bond acceptors (Lipinski definition) is 4. The van der Waals surface area contributed by atoms with E-state index >= 15 is 0 Å². The summed E-state index contributed by atoms with van der Waals surface area (Å²) in [4.78, 5) is 20.5. The zero-order valence-electron chi connectivity index (χ0n) is 8.67. The lowest BCUT2D eigenvalue weighted by atomic mass is 10.0. The second-order valence-electron chi connectivity index (χ2n) is 3.11. The van der Waals surface area contributed by atoms with Crippen molar-refractivity contribution in [2.24, 2.45) is 0 Å². The fourth-order valence-corrected chi connectivity index (χ4v) is 1.46. The fourth-order valence-electron chi connectivity index (χ4n) is 1.46. The van der Waals surface area contributed by atoms with Gasteiger partial charge >= 0.3 is 0 Å². The Kier molecular flexibility index (Phi) is 3.77. The molecule has 0 aliphatic heterocycles. The van der Waals surface area contributed by atoms with Crippen molar-refractivity contribution in [3.8, 4) is 0 Å². The van der Waals surface area contributed by atoms with Crippen LogP contribution in [-0.4, -0.2) is 10.9 Å². The number of carboxylic acid groups (broad SMARTS) is 1. The van der Waals surface area contributed by atoms with Gasteiger partial charge in [-0.25, -0.2) is 0 Å². The number of nitro groups is 1. The molecule has 0 aromatic heterocycles. The molecule has 0 atom stereocenters. The predicted molar refractivity (Wildman–Crippen MR) is 56.5 cm³/mol. The van der Waals surface area contributed by atoms with Gasteiger partial charge in [-0.05, 0) is 18.1 Å². The van der Waals surface area contributed by atoms with Crippen LogP contribution in [0.3, 0.4) is 0 Å². The van der Waals surface area contributed by atoms with Crippen LogP contribution in [0, 0.1) is 10.1 Å².